The van der Waals surface area contributed by atoms with Crippen molar-refractivity contribution >= 4 is 50.2 Å². The molecule has 0 spiro atoms. The second-order valence-corrected chi connectivity index (χ2v) is 20.5. The Morgan fingerprint density at radius 2 is 1.47 bits per heavy atom. The first-order valence-corrected chi connectivity index (χ1v) is 23.7. The number of carbonyl (C=O) groups is 4. The molecule has 6 rings (SSSR count). The summed E-state index contributed by atoms with van der Waals surface area (Å²) in [6, 6.07) is 11.1. The fraction of sp³-hybridized carbons (Fsp3) is 0.625. The molecule has 0 bridgehead atoms. The number of unbranched alkanes of at least 4 members (excludes halogenated alkanes) is 8. The van der Waals surface area contributed by atoms with E-state index in [9.17, 15) is 37.8 Å². The van der Waals surface area contributed by atoms with E-state index in [0.717, 1.165) is 62.4 Å². The van der Waals surface area contributed by atoms with E-state index in [-0.39, 0.29) is 23.7 Å². The summed E-state index contributed by atoms with van der Waals surface area (Å²) in [5.41, 5.74) is -2.07. The van der Waals surface area contributed by atoms with Gasteiger partial charge in [0.15, 0.2) is 11.4 Å². The lowest BCUT2D eigenvalue weighted by Crippen LogP contribution is -2.64. The molecule has 4 aliphatic rings. The Labute approximate surface area is 366 Å². The number of ketones is 1. The lowest BCUT2D eigenvalue weighted by Gasteiger charge is -2.52. The van der Waals surface area contributed by atoms with Gasteiger partial charge < -0.3 is 29.3 Å². The highest BCUT2D eigenvalue weighted by molar-refractivity contribution is 7.89. The molecule has 13 nitrogen and oxygen atoms in total. The molecule has 0 radical (unpaired) electrons. The molecule has 9 atom stereocenters. The molecule has 2 aromatic rings. The van der Waals surface area contributed by atoms with Gasteiger partial charge in [0, 0.05) is 86.5 Å². The van der Waals surface area contributed by atoms with Crippen LogP contribution in [-0.4, -0.2) is 93.0 Å². The van der Waals surface area contributed by atoms with Crippen molar-refractivity contribution in [1.82, 2.24) is 4.72 Å². The number of rotatable bonds is 19. The van der Waals surface area contributed by atoms with E-state index in [0.29, 0.717) is 29.5 Å². The average molecular weight is 879 g/mol. The highest BCUT2D eigenvalue weighted by Crippen LogP contribution is 2.77. The third kappa shape index (κ3) is 8.73. The zero-order valence-corrected chi connectivity index (χ0v) is 38.4. The first-order chi connectivity index (χ1) is 29.2. The van der Waals surface area contributed by atoms with Gasteiger partial charge in [-0.3, -0.25) is 19.2 Å². The van der Waals surface area contributed by atoms with E-state index in [1.54, 1.807) is 38.1 Å². The standard InChI is InChI=1S/C48H66N2O11S/c1-29-26-36-41(42(29)54)43(55)33(28-59-31(3)51)27-37-44-46(5,6)48(44,61-32(4)52)45(30(2)47(36,37)56)60-40(53)24-16-14-12-10-9-11-13-15-17-25-49-62(57,58)39-23-19-20-34-35(39)21-18-22-38(34)50(7)8/h18-23,26-27,30,36-37,41,43-45,49,55-56H,9-17,24-25,28H2,1-8H3/t30-,36-,37+,41?,43-,44?,45-,47+,48?/m1/s1. The number of sulfonamides is 1. The van der Waals surface area contributed by atoms with Crippen LogP contribution in [0.1, 0.15) is 106 Å². The first-order valence-electron chi connectivity index (χ1n) is 22.3. The second kappa shape index (κ2) is 18.5. The van der Waals surface area contributed by atoms with Gasteiger partial charge in [0.2, 0.25) is 10.0 Å². The maximum absolute atomic E-state index is 13.6. The van der Waals surface area contributed by atoms with Crippen LogP contribution in [-0.2, 0) is 43.4 Å². The number of aliphatic hydroxyl groups is 2. The van der Waals surface area contributed by atoms with Gasteiger partial charge >= 0.3 is 17.9 Å². The van der Waals surface area contributed by atoms with E-state index in [1.165, 1.54) is 13.8 Å². The van der Waals surface area contributed by atoms with Crippen LogP contribution in [0.2, 0.25) is 0 Å². The van der Waals surface area contributed by atoms with Crippen molar-refractivity contribution in [3.8, 4) is 0 Å². The van der Waals surface area contributed by atoms with Crippen LogP contribution < -0.4 is 9.62 Å². The molecule has 0 heterocycles. The minimum Gasteiger partial charge on any atom is -0.461 e. The molecule has 2 fully saturated rings. The Hall–Kier alpha value is -4.11. The first kappa shape index (κ1) is 47.4. The molecule has 0 amide bonds. The van der Waals surface area contributed by atoms with Gasteiger partial charge in [-0.05, 0) is 43.0 Å². The molecule has 0 aliphatic heterocycles. The average Bonchev–Trinajstić information content (AvgIpc) is 3.55. The summed E-state index contributed by atoms with van der Waals surface area (Å²) in [4.78, 5) is 54.0. The number of fused-ring (bicyclic) bond motifs is 6. The number of hydrogen-bond acceptors (Lipinski definition) is 12. The molecular formula is C48H66N2O11S. The predicted molar refractivity (Wildman–Crippen MR) is 235 cm³/mol. The van der Waals surface area contributed by atoms with E-state index in [4.69, 9.17) is 14.2 Å². The van der Waals surface area contributed by atoms with Crippen LogP contribution in [0.3, 0.4) is 0 Å². The molecule has 0 aromatic heterocycles. The van der Waals surface area contributed by atoms with Crippen LogP contribution >= 0.6 is 0 Å². The largest absolute Gasteiger partial charge is 0.461 e. The molecule has 0 saturated heterocycles. The smallest absolute Gasteiger partial charge is 0.306 e. The predicted octanol–water partition coefficient (Wildman–Crippen LogP) is 6.58. The second-order valence-electron chi connectivity index (χ2n) is 18.8. The van der Waals surface area contributed by atoms with E-state index in [1.807, 2.05) is 57.1 Å². The maximum Gasteiger partial charge on any atom is 0.306 e. The summed E-state index contributed by atoms with van der Waals surface area (Å²) in [5, 5.41) is 26.2. The van der Waals surface area contributed by atoms with Crippen LogP contribution in [0, 0.1) is 35.0 Å². The van der Waals surface area contributed by atoms with Crippen molar-refractivity contribution in [2.75, 3.05) is 32.1 Å². The number of nitrogens with one attached hydrogen (secondary N) is 1. The number of benzene rings is 2. The maximum atomic E-state index is 13.6. The molecule has 14 heteroatoms. The zero-order valence-electron chi connectivity index (χ0n) is 37.6. The third-order valence-corrected chi connectivity index (χ3v) is 15.8. The van der Waals surface area contributed by atoms with Crippen molar-refractivity contribution in [1.29, 1.82) is 0 Å². The highest BCUT2D eigenvalue weighted by Gasteiger charge is 2.87. The van der Waals surface area contributed by atoms with Crippen LogP contribution in [0.15, 0.2) is 64.6 Å². The molecular weight excluding hydrogens is 813 g/mol. The van der Waals surface area contributed by atoms with Gasteiger partial charge in [0.25, 0.3) is 0 Å². The van der Waals surface area contributed by atoms with Crippen LogP contribution in [0.5, 0.6) is 0 Å². The van der Waals surface area contributed by atoms with Gasteiger partial charge in [-0.25, -0.2) is 13.1 Å². The summed E-state index contributed by atoms with van der Waals surface area (Å²) in [6.45, 7) is 9.90. The normalized spacial score (nSPS) is 29.6. The van der Waals surface area contributed by atoms with E-state index < -0.39 is 86.3 Å². The lowest BCUT2D eigenvalue weighted by atomic mass is 9.59. The van der Waals surface area contributed by atoms with Crippen molar-refractivity contribution in [2.45, 2.75) is 134 Å². The van der Waals surface area contributed by atoms with Gasteiger partial charge in [-0.1, -0.05) is 102 Å². The number of carbonyl (C=O) groups excluding carboxylic acids is 4. The SMILES string of the molecule is CC(=O)OCC1=C[C@H]2C3C(C)(C)C3(OC(C)=O)[C@H](OC(=O)CCCCCCCCCCCNS(=O)(=O)c3cccc4c(N(C)C)cccc34)[C@@H](C)[C@]2(O)[C@@H]2C=C(C)C(=O)C2[C@@H]1O. The molecule has 62 heavy (non-hydrogen) atoms. The summed E-state index contributed by atoms with van der Waals surface area (Å²) >= 11 is 0. The number of anilines is 1. The fourth-order valence-corrected chi connectivity index (χ4v) is 12.5. The van der Waals surface area contributed by atoms with Crippen LogP contribution in [0.25, 0.3) is 10.8 Å². The Kier molecular flexibility index (Phi) is 14.2. The fourth-order valence-electron chi connectivity index (χ4n) is 11.2. The minimum absolute atomic E-state index is 0.145. The minimum atomic E-state index is -3.66. The number of aliphatic hydroxyl groups excluding tert-OH is 1. The van der Waals surface area contributed by atoms with Crippen molar-refractivity contribution in [3.63, 3.8) is 0 Å². The zero-order chi connectivity index (χ0) is 45.4. The van der Waals surface area contributed by atoms with Gasteiger partial charge in [-0.15, -0.1) is 0 Å². The quantitative estimate of drug-likeness (QED) is 0.0597. The molecule has 3 unspecified atom stereocenters. The Morgan fingerprint density at radius 3 is 2.10 bits per heavy atom. The number of allylic oxidation sites excluding steroid dienone is 1. The van der Waals surface area contributed by atoms with E-state index >= 15 is 0 Å². The Balaban J connectivity index is 0.987. The van der Waals surface area contributed by atoms with Gasteiger partial charge in [0.1, 0.15) is 12.7 Å². The molecule has 2 saturated carbocycles. The molecule has 4 aliphatic carbocycles. The number of esters is 3. The van der Waals surface area contributed by atoms with Crippen molar-refractivity contribution in [2.24, 2.45) is 35.0 Å². The van der Waals surface area contributed by atoms with Gasteiger partial charge in [0.05, 0.1) is 22.5 Å². The van der Waals surface area contributed by atoms with Crippen molar-refractivity contribution in [3.05, 3.63) is 59.7 Å². The topological polar surface area (TPSA) is 186 Å². The molecule has 3 N–H and O–H groups in total. The highest BCUT2D eigenvalue weighted by atomic mass is 32.2. The summed E-state index contributed by atoms with van der Waals surface area (Å²) in [5.74, 6) is -5.86. The van der Waals surface area contributed by atoms with Crippen molar-refractivity contribution < 1.29 is 52.0 Å². The van der Waals surface area contributed by atoms with Crippen LogP contribution in [0.4, 0.5) is 5.69 Å². The monoisotopic (exact) mass is 878 g/mol. The number of Topliss-reactive ketones (excluding diaryl/α,β-unsaturated/α-hetero) is 1. The van der Waals surface area contributed by atoms with E-state index in [2.05, 4.69) is 4.72 Å². The number of nitrogens with zero attached hydrogens (tertiary/aromatic N) is 1. The Morgan fingerprint density at radius 1 is 0.855 bits per heavy atom. The molecule has 2 aromatic carbocycles. The number of ether oxygens (including phenoxy) is 3. The summed E-state index contributed by atoms with van der Waals surface area (Å²) in [7, 11) is 0.212. The summed E-state index contributed by atoms with van der Waals surface area (Å²) in [6.07, 6.45) is 9.27. The lowest BCUT2D eigenvalue weighted by molar-refractivity contribution is -0.220. The molecule has 340 valence electrons. The van der Waals surface area contributed by atoms with Gasteiger partial charge in [-0.2, -0.15) is 0 Å². The third-order valence-electron chi connectivity index (χ3n) is 14.3. The Bertz CT molecular complexity index is 2220. The number of hydrogen-bond donors (Lipinski definition) is 3. The summed E-state index contributed by atoms with van der Waals surface area (Å²) < 4.78 is 46.9.